The molecule has 1 aromatic carbocycles. The van der Waals surface area contributed by atoms with Gasteiger partial charge in [0, 0.05) is 4.90 Å². The molecule has 156 valence electrons. The molecule has 0 saturated heterocycles. The van der Waals surface area contributed by atoms with Crippen LogP contribution in [0.15, 0.2) is 56.7 Å². The number of allylic oxidation sites excluding steroid dienone is 3. The van der Waals surface area contributed by atoms with Crippen LogP contribution in [0.1, 0.15) is 73.1 Å². The van der Waals surface area contributed by atoms with E-state index in [2.05, 4.69) is 88.9 Å². The van der Waals surface area contributed by atoms with Gasteiger partial charge in [0.2, 0.25) is 0 Å². The van der Waals surface area contributed by atoms with Crippen LogP contribution in [-0.4, -0.2) is 13.1 Å². The second-order valence-corrected chi connectivity index (χ2v) is 16.5. The molecule has 0 bridgehead atoms. The number of hydrogen-bond acceptors (Lipinski definition) is 1. The Morgan fingerprint density at radius 2 is 1.69 bits per heavy atom. The topological polar surface area (TPSA) is 0 Å². The number of rotatable bonds is 11. The molecule has 3 heteroatoms. The second kappa shape index (κ2) is 14.3. The molecule has 0 heterocycles. The van der Waals surface area contributed by atoms with Gasteiger partial charge in [0.05, 0.1) is 0 Å². The van der Waals surface area contributed by atoms with Crippen LogP contribution in [0.3, 0.4) is 0 Å². The van der Waals surface area contributed by atoms with E-state index in [1.54, 1.807) is 9.34 Å². The first-order chi connectivity index (χ1) is 13.4. The third kappa shape index (κ3) is 9.46. The van der Waals surface area contributed by atoms with Gasteiger partial charge in [0.1, 0.15) is 0 Å². The summed E-state index contributed by atoms with van der Waals surface area (Å²) in [5, 5.41) is 4.41. The van der Waals surface area contributed by atoms with E-state index in [0.29, 0.717) is 0 Å². The maximum Gasteiger partial charge on any atom is 1.00 e. The zero-order valence-corrected chi connectivity index (χ0v) is 22.0. The van der Waals surface area contributed by atoms with Crippen LogP contribution in [0.25, 0.3) is 0 Å². The summed E-state index contributed by atoms with van der Waals surface area (Å²) in [5.41, 5.74) is 1.62. The Morgan fingerprint density at radius 3 is 2.21 bits per heavy atom. The average Bonchev–Trinajstić information content (AvgIpc) is 2.66. The summed E-state index contributed by atoms with van der Waals surface area (Å²) in [6.07, 6.45) is 13.2. The minimum absolute atomic E-state index is 0. The monoisotopic (exact) mass is 420 g/mol. The smallest absolute Gasteiger partial charge is 0.195 e. The molecule has 0 unspecified atom stereocenters. The van der Waals surface area contributed by atoms with E-state index in [0.717, 1.165) is 11.8 Å². The van der Waals surface area contributed by atoms with Gasteiger partial charge in [-0.3, -0.25) is 0 Å². The first-order valence-corrected chi connectivity index (χ1v) is 15.6. The van der Waals surface area contributed by atoms with Crippen molar-refractivity contribution in [1.29, 1.82) is 0 Å². The van der Waals surface area contributed by atoms with Crippen molar-refractivity contribution in [1.82, 2.24) is 0 Å². The summed E-state index contributed by atoms with van der Waals surface area (Å²) in [7, 11) is 0. The van der Waals surface area contributed by atoms with Gasteiger partial charge in [-0.25, -0.2) is 0 Å². The van der Waals surface area contributed by atoms with Gasteiger partial charge >= 0.3 is 18.9 Å². The summed E-state index contributed by atoms with van der Waals surface area (Å²) in [6.45, 7) is 12.2. The number of unbranched alkanes of at least 4 members (excludes halogenated alkanes) is 1. The maximum atomic E-state index is 2.68. The van der Waals surface area contributed by atoms with Crippen LogP contribution in [0.2, 0.25) is 15.8 Å². The first-order valence-electron chi connectivity index (χ1n) is 11.8. The molecule has 0 fully saturated rings. The Balaban J connectivity index is 0.00000420. The van der Waals surface area contributed by atoms with E-state index in [-0.39, 0.29) is 18.9 Å². The molecule has 29 heavy (non-hydrogen) atoms. The average molecular weight is 421 g/mol. The fraction of sp³-hybridized carbons (Fsp3) is 0.615. The number of thioether (sulfide) groups is 1. The van der Waals surface area contributed by atoms with Crippen molar-refractivity contribution >= 4 is 24.8 Å². The summed E-state index contributed by atoms with van der Waals surface area (Å²) in [5.74, 6) is 1.58. The quantitative estimate of drug-likeness (QED) is 0.300. The molecule has 0 radical (unpaired) electrons. The van der Waals surface area contributed by atoms with Gasteiger partial charge in [-0.15, -0.1) is 11.8 Å². The van der Waals surface area contributed by atoms with E-state index >= 15 is 0 Å². The van der Waals surface area contributed by atoms with Crippen molar-refractivity contribution in [2.24, 2.45) is 11.8 Å². The molecule has 2 rings (SSSR count). The molecular formula is C26H42AlLiS. The van der Waals surface area contributed by atoms with Gasteiger partial charge in [-0.1, -0.05) is 95.2 Å². The van der Waals surface area contributed by atoms with Crippen molar-refractivity contribution in [2.45, 2.75) is 93.9 Å². The Hall–Kier alpha value is 0.180. The Labute approximate surface area is 200 Å². The largest absolute Gasteiger partial charge is 1.00 e. The van der Waals surface area contributed by atoms with E-state index in [1.807, 2.05) is 0 Å². The van der Waals surface area contributed by atoms with Gasteiger partial charge in [0.25, 0.3) is 0 Å². The molecule has 1 aliphatic carbocycles. The van der Waals surface area contributed by atoms with Gasteiger partial charge < -0.3 is 0 Å². The second-order valence-electron chi connectivity index (χ2n) is 9.87. The zero-order chi connectivity index (χ0) is 20.4. The van der Waals surface area contributed by atoms with E-state index < -0.39 is 13.1 Å². The van der Waals surface area contributed by atoms with E-state index in [9.17, 15) is 0 Å². The van der Waals surface area contributed by atoms with Crippen molar-refractivity contribution in [3.8, 4) is 0 Å². The van der Waals surface area contributed by atoms with Crippen LogP contribution in [-0.2, 0) is 0 Å². The van der Waals surface area contributed by atoms with Gasteiger partial charge in [0.15, 0.2) is 13.1 Å². The summed E-state index contributed by atoms with van der Waals surface area (Å²) >= 11 is 0.191. The van der Waals surface area contributed by atoms with Crippen LogP contribution in [0.5, 0.6) is 0 Å². The van der Waals surface area contributed by atoms with Crippen molar-refractivity contribution in [3.63, 3.8) is 0 Å². The summed E-state index contributed by atoms with van der Waals surface area (Å²) in [4.78, 5) is 1.43. The molecule has 0 amide bonds. The molecule has 0 saturated carbocycles. The van der Waals surface area contributed by atoms with Crippen LogP contribution >= 0.6 is 11.8 Å². The number of hydrogen-bond donors (Lipinski definition) is 0. The zero-order valence-electron chi connectivity index (χ0n) is 20.0. The molecule has 1 aromatic rings. The minimum Gasteiger partial charge on any atom is -0.195 e. The predicted molar refractivity (Wildman–Crippen MR) is 132 cm³/mol. The van der Waals surface area contributed by atoms with Crippen molar-refractivity contribution in [2.75, 3.05) is 0 Å². The Morgan fingerprint density at radius 1 is 1.03 bits per heavy atom. The molecule has 0 nitrogen and oxygen atoms in total. The molecule has 0 spiro atoms. The normalized spacial score (nSPS) is 15.4. The molecule has 0 N–H and O–H groups in total. The number of benzene rings is 1. The van der Waals surface area contributed by atoms with Crippen LogP contribution < -0.4 is 18.9 Å². The van der Waals surface area contributed by atoms with Gasteiger partial charge in [-0.2, -0.15) is 19.6 Å². The van der Waals surface area contributed by atoms with Gasteiger partial charge in [-0.05, 0) is 37.8 Å². The summed E-state index contributed by atoms with van der Waals surface area (Å²) < 4.78 is 1.79. The maximum absolute atomic E-state index is 2.68. The standard InChI is InChI=1S/C14H15S.3C4H9.Al.Li/c1-3-7-13(8-4-1)11-12-15-14-9-5-2-6-10-14;2*1-4(2)3;1-3-4-2;;/h2,5-7,9-11H,1,3-4,8H2;2*4H,1H2,2-3H3;1,3-4H2,2H3;;/q;;;;-1;+1. The Kier molecular flexibility index (Phi) is 13.4. The van der Waals surface area contributed by atoms with Crippen molar-refractivity contribution in [3.05, 3.63) is 51.8 Å². The molecule has 1 aliphatic rings. The SMILES string of the molecule is CCC[CH2][Al-]([CH2]C(C)C)([CH2]C(C)C)/[C](=C\C1=CCCCC1)Sc1ccccc1.[Li+]. The Bertz CT molecular complexity index is 623. The minimum atomic E-state index is -1.93. The van der Waals surface area contributed by atoms with Crippen LogP contribution in [0.4, 0.5) is 0 Å². The summed E-state index contributed by atoms with van der Waals surface area (Å²) in [6, 6.07) is 11.2. The molecule has 0 aromatic heterocycles. The molecule has 0 atom stereocenters. The van der Waals surface area contributed by atoms with Crippen LogP contribution in [0, 0.1) is 11.8 Å². The third-order valence-corrected chi connectivity index (χ3v) is 15.5. The van der Waals surface area contributed by atoms with E-state index in [4.69, 9.17) is 0 Å². The fourth-order valence-corrected chi connectivity index (χ4v) is 15.1. The van der Waals surface area contributed by atoms with E-state index in [1.165, 1.54) is 59.3 Å². The predicted octanol–water partition coefficient (Wildman–Crippen LogP) is 6.27. The molecular weight excluding hydrogens is 378 g/mol. The third-order valence-electron chi connectivity index (χ3n) is 6.19. The van der Waals surface area contributed by atoms with Crippen molar-refractivity contribution < 1.29 is 18.9 Å². The first kappa shape index (κ1) is 27.2. The molecule has 0 aliphatic heterocycles. The fourth-order valence-electron chi connectivity index (χ4n) is 5.24.